The van der Waals surface area contributed by atoms with Gasteiger partial charge in [0.15, 0.2) is 0 Å². The van der Waals surface area contributed by atoms with Crippen LogP contribution in [0.5, 0.6) is 0 Å². The van der Waals surface area contributed by atoms with Gasteiger partial charge in [0.05, 0.1) is 11.7 Å². The molecule has 0 saturated carbocycles. The summed E-state index contributed by atoms with van der Waals surface area (Å²) in [6, 6.07) is 7.53. The van der Waals surface area contributed by atoms with Crippen LogP contribution in [0.3, 0.4) is 0 Å². The Morgan fingerprint density at radius 3 is 2.59 bits per heavy atom. The number of hydrogen-bond acceptors (Lipinski definition) is 3. The molecular formula is C13H19NO2S. The molecule has 0 aromatic heterocycles. The van der Waals surface area contributed by atoms with E-state index in [2.05, 4.69) is 19.2 Å². The molecule has 17 heavy (non-hydrogen) atoms. The number of thioether (sulfide) groups is 1. The first kappa shape index (κ1) is 14.1. The molecule has 0 bridgehead atoms. The fraction of sp³-hybridized carbons (Fsp3) is 0.462. The number of benzene rings is 1. The minimum Gasteiger partial charge on any atom is -0.392 e. The van der Waals surface area contributed by atoms with Gasteiger partial charge in [-0.25, -0.2) is 0 Å². The molecule has 4 heteroatoms. The smallest absolute Gasteiger partial charge is 0.252 e. The molecule has 1 aromatic rings. The van der Waals surface area contributed by atoms with Crippen molar-refractivity contribution in [2.24, 2.45) is 0 Å². The third-order valence-electron chi connectivity index (χ3n) is 2.05. The van der Waals surface area contributed by atoms with E-state index in [9.17, 15) is 4.79 Å². The maximum Gasteiger partial charge on any atom is 0.252 e. The molecule has 0 aliphatic heterocycles. The maximum atomic E-state index is 11.9. The van der Waals surface area contributed by atoms with E-state index in [1.807, 2.05) is 24.3 Å². The van der Waals surface area contributed by atoms with Gasteiger partial charge in [-0.1, -0.05) is 26.0 Å². The van der Waals surface area contributed by atoms with Crippen molar-refractivity contribution in [3.63, 3.8) is 0 Å². The zero-order valence-electron chi connectivity index (χ0n) is 10.4. The number of aliphatic hydroxyl groups excluding tert-OH is 1. The molecule has 3 nitrogen and oxygen atoms in total. The summed E-state index contributed by atoms with van der Waals surface area (Å²) in [4.78, 5) is 12.9. The van der Waals surface area contributed by atoms with Crippen LogP contribution in [0, 0.1) is 0 Å². The fourth-order valence-electron chi connectivity index (χ4n) is 1.35. The molecule has 0 fully saturated rings. The van der Waals surface area contributed by atoms with Crippen LogP contribution in [0.2, 0.25) is 0 Å². The Bertz CT molecular complexity index is 377. The summed E-state index contributed by atoms with van der Waals surface area (Å²) >= 11 is 1.66. The number of carbonyl (C=O) groups excluding carboxylic acids is 1. The number of amides is 1. The Morgan fingerprint density at radius 2 is 2.00 bits per heavy atom. The lowest BCUT2D eigenvalue weighted by Gasteiger charge is -2.12. The maximum absolute atomic E-state index is 11.9. The molecule has 1 atom stereocenters. The highest BCUT2D eigenvalue weighted by molar-refractivity contribution is 8.00. The van der Waals surface area contributed by atoms with E-state index in [0.717, 1.165) is 4.90 Å². The Labute approximate surface area is 107 Å². The first-order valence-electron chi connectivity index (χ1n) is 5.72. The third-order valence-corrected chi connectivity index (χ3v) is 3.13. The molecule has 1 aromatic carbocycles. The van der Waals surface area contributed by atoms with Crippen LogP contribution in [-0.2, 0) is 0 Å². The van der Waals surface area contributed by atoms with E-state index in [-0.39, 0.29) is 12.5 Å². The van der Waals surface area contributed by atoms with Gasteiger partial charge in [-0.05, 0) is 19.1 Å². The predicted molar refractivity (Wildman–Crippen MR) is 71.4 cm³/mol. The third kappa shape index (κ3) is 4.79. The summed E-state index contributed by atoms with van der Waals surface area (Å²) < 4.78 is 0. The van der Waals surface area contributed by atoms with Gasteiger partial charge in [0.1, 0.15) is 0 Å². The van der Waals surface area contributed by atoms with Crippen molar-refractivity contribution in [2.75, 3.05) is 6.54 Å². The summed E-state index contributed by atoms with van der Waals surface area (Å²) in [6.07, 6.45) is -0.524. The monoisotopic (exact) mass is 253 g/mol. The Hall–Kier alpha value is -1.00. The van der Waals surface area contributed by atoms with Crippen LogP contribution < -0.4 is 5.32 Å². The SMILES string of the molecule is CC(O)CNC(=O)c1ccccc1SC(C)C. The lowest BCUT2D eigenvalue weighted by Crippen LogP contribution is -2.30. The standard InChI is InChI=1S/C13H19NO2S/c1-9(2)17-12-7-5-4-6-11(12)13(16)14-8-10(3)15/h4-7,9-10,15H,8H2,1-3H3,(H,14,16). The summed E-state index contributed by atoms with van der Waals surface area (Å²) in [5.74, 6) is -0.130. The van der Waals surface area contributed by atoms with Crippen LogP contribution in [0.25, 0.3) is 0 Å². The summed E-state index contributed by atoms with van der Waals surface area (Å²) in [5.41, 5.74) is 0.673. The van der Waals surface area contributed by atoms with Crippen molar-refractivity contribution in [3.8, 4) is 0 Å². The van der Waals surface area contributed by atoms with Crippen molar-refractivity contribution in [1.29, 1.82) is 0 Å². The molecule has 0 spiro atoms. The highest BCUT2D eigenvalue weighted by atomic mass is 32.2. The van der Waals surface area contributed by atoms with E-state index < -0.39 is 6.10 Å². The van der Waals surface area contributed by atoms with Crippen molar-refractivity contribution in [3.05, 3.63) is 29.8 Å². The summed E-state index contributed by atoms with van der Waals surface area (Å²) in [5, 5.41) is 12.3. The van der Waals surface area contributed by atoms with E-state index in [4.69, 9.17) is 5.11 Å². The fourth-order valence-corrected chi connectivity index (χ4v) is 2.30. The minimum atomic E-state index is -0.524. The van der Waals surface area contributed by atoms with Crippen LogP contribution in [-0.4, -0.2) is 28.9 Å². The molecule has 1 unspecified atom stereocenters. The molecule has 0 saturated heterocycles. The highest BCUT2D eigenvalue weighted by Gasteiger charge is 2.12. The van der Waals surface area contributed by atoms with Crippen molar-refractivity contribution in [1.82, 2.24) is 5.32 Å². The normalized spacial score (nSPS) is 12.5. The predicted octanol–water partition coefficient (Wildman–Crippen LogP) is 2.30. The average molecular weight is 253 g/mol. The lowest BCUT2D eigenvalue weighted by atomic mass is 10.2. The largest absolute Gasteiger partial charge is 0.392 e. The molecule has 1 amide bonds. The quantitative estimate of drug-likeness (QED) is 0.792. The average Bonchev–Trinajstić information content (AvgIpc) is 2.25. The highest BCUT2D eigenvalue weighted by Crippen LogP contribution is 2.26. The van der Waals surface area contributed by atoms with E-state index in [0.29, 0.717) is 10.8 Å². The van der Waals surface area contributed by atoms with E-state index >= 15 is 0 Å². The van der Waals surface area contributed by atoms with Crippen LogP contribution in [0.15, 0.2) is 29.2 Å². The molecule has 0 aliphatic carbocycles. The Morgan fingerprint density at radius 1 is 1.35 bits per heavy atom. The van der Waals surface area contributed by atoms with Gasteiger partial charge in [0, 0.05) is 16.7 Å². The number of aliphatic hydroxyl groups is 1. The van der Waals surface area contributed by atoms with Crippen LogP contribution in [0.1, 0.15) is 31.1 Å². The second-order valence-electron chi connectivity index (χ2n) is 4.22. The van der Waals surface area contributed by atoms with Crippen LogP contribution >= 0.6 is 11.8 Å². The van der Waals surface area contributed by atoms with E-state index in [1.165, 1.54) is 0 Å². The molecular weight excluding hydrogens is 234 g/mol. The number of rotatable bonds is 5. The van der Waals surface area contributed by atoms with Gasteiger partial charge in [0.2, 0.25) is 0 Å². The van der Waals surface area contributed by atoms with Crippen LogP contribution in [0.4, 0.5) is 0 Å². The van der Waals surface area contributed by atoms with Gasteiger partial charge >= 0.3 is 0 Å². The number of carbonyl (C=O) groups is 1. The van der Waals surface area contributed by atoms with Gasteiger partial charge in [-0.3, -0.25) is 4.79 Å². The van der Waals surface area contributed by atoms with Crippen molar-refractivity contribution < 1.29 is 9.90 Å². The molecule has 0 radical (unpaired) electrons. The van der Waals surface area contributed by atoms with Gasteiger partial charge in [-0.2, -0.15) is 0 Å². The Kier molecular flexibility index (Phi) is 5.51. The van der Waals surface area contributed by atoms with Crippen molar-refractivity contribution >= 4 is 17.7 Å². The molecule has 0 aliphatic rings. The first-order chi connectivity index (χ1) is 8.00. The van der Waals surface area contributed by atoms with E-state index in [1.54, 1.807) is 18.7 Å². The summed E-state index contributed by atoms with van der Waals surface area (Å²) in [6.45, 7) is 6.11. The molecule has 1 rings (SSSR count). The van der Waals surface area contributed by atoms with Gasteiger partial charge in [0.25, 0.3) is 5.91 Å². The van der Waals surface area contributed by atoms with Gasteiger partial charge < -0.3 is 10.4 Å². The summed E-state index contributed by atoms with van der Waals surface area (Å²) in [7, 11) is 0. The van der Waals surface area contributed by atoms with Crippen molar-refractivity contribution in [2.45, 2.75) is 37.0 Å². The second kappa shape index (κ2) is 6.67. The number of hydrogen-bond donors (Lipinski definition) is 2. The molecule has 94 valence electrons. The van der Waals surface area contributed by atoms with Gasteiger partial charge in [-0.15, -0.1) is 11.8 Å². The molecule has 2 N–H and O–H groups in total. The zero-order chi connectivity index (χ0) is 12.8. The first-order valence-corrected chi connectivity index (χ1v) is 6.60. The lowest BCUT2D eigenvalue weighted by molar-refractivity contribution is 0.0921. The Balaban J connectivity index is 2.78. The topological polar surface area (TPSA) is 49.3 Å². The number of nitrogens with one attached hydrogen (secondary N) is 1. The second-order valence-corrected chi connectivity index (χ2v) is 5.84. The zero-order valence-corrected chi connectivity index (χ0v) is 11.3. The molecule has 0 heterocycles. The minimum absolute atomic E-state index is 0.130.